The van der Waals surface area contributed by atoms with Crippen LogP contribution in [0.25, 0.3) is 11.1 Å². The van der Waals surface area contributed by atoms with Gasteiger partial charge in [0.15, 0.2) is 0 Å². The summed E-state index contributed by atoms with van der Waals surface area (Å²) in [6.07, 6.45) is -4.98. The SMILES string of the molecule is COc1cc(-c2ccc(NC(=O)C(F)(F)F)c(OC)c2)ccc1N. The summed E-state index contributed by atoms with van der Waals surface area (Å²) in [7, 11) is 2.78. The van der Waals surface area contributed by atoms with Crippen LogP contribution in [0, 0.1) is 0 Å². The molecule has 24 heavy (non-hydrogen) atoms. The average Bonchev–Trinajstić information content (AvgIpc) is 2.54. The third kappa shape index (κ3) is 3.70. The van der Waals surface area contributed by atoms with Gasteiger partial charge in [-0.15, -0.1) is 0 Å². The van der Waals surface area contributed by atoms with Crippen molar-refractivity contribution in [1.29, 1.82) is 0 Å². The van der Waals surface area contributed by atoms with Crippen LogP contribution in [0.5, 0.6) is 11.5 Å². The molecule has 3 N–H and O–H groups in total. The number of anilines is 2. The summed E-state index contributed by atoms with van der Waals surface area (Å²) in [4.78, 5) is 11.1. The molecule has 0 heterocycles. The number of hydrogen-bond acceptors (Lipinski definition) is 4. The van der Waals surface area contributed by atoms with Crippen LogP contribution < -0.4 is 20.5 Å². The van der Waals surface area contributed by atoms with E-state index in [9.17, 15) is 18.0 Å². The number of rotatable bonds is 4. The lowest BCUT2D eigenvalue weighted by molar-refractivity contribution is -0.167. The highest BCUT2D eigenvalue weighted by Gasteiger charge is 2.39. The molecule has 2 rings (SSSR count). The molecule has 0 fully saturated rings. The number of ether oxygens (including phenoxy) is 2. The van der Waals surface area contributed by atoms with E-state index >= 15 is 0 Å². The van der Waals surface area contributed by atoms with Crippen molar-refractivity contribution in [2.75, 3.05) is 25.3 Å². The van der Waals surface area contributed by atoms with Gasteiger partial charge in [0.1, 0.15) is 11.5 Å². The number of nitrogens with two attached hydrogens (primary N) is 1. The Morgan fingerprint density at radius 1 is 1.00 bits per heavy atom. The number of alkyl halides is 3. The van der Waals surface area contributed by atoms with E-state index in [1.165, 1.54) is 26.4 Å². The summed E-state index contributed by atoms with van der Waals surface area (Å²) in [5.41, 5.74) is 7.52. The van der Waals surface area contributed by atoms with E-state index < -0.39 is 12.1 Å². The van der Waals surface area contributed by atoms with Gasteiger partial charge in [-0.3, -0.25) is 4.79 Å². The first-order valence-corrected chi connectivity index (χ1v) is 6.76. The second-order valence-corrected chi connectivity index (χ2v) is 4.82. The lowest BCUT2D eigenvalue weighted by Gasteiger charge is -2.14. The third-order valence-corrected chi connectivity index (χ3v) is 3.27. The van der Waals surface area contributed by atoms with Gasteiger partial charge in [-0.1, -0.05) is 12.1 Å². The van der Waals surface area contributed by atoms with Gasteiger partial charge < -0.3 is 20.5 Å². The molecule has 8 heteroatoms. The quantitative estimate of drug-likeness (QED) is 0.836. The Bertz CT molecular complexity index is 761. The zero-order chi connectivity index (χ0) is 17.9. The normalized spacial score (nSPS) is 11.0. The van der Waals surface area contributed by atoms with Gasteiger partial charge in [0.25, 0.3) is 0 Å². The van der Waals surface area contributed by atoms with Crippen molar-refractivity contribution >= 4 is 17.3 Å². The number of carbonyl (C=O) groups excluding carboxylic acids is 1. The van der Waals surface area contributed by atoms with E-state index in [4.69, 9.17) is 15.2 Å². The fraction of sp³-hybridized carbons (Fsp3) is 0.188. The van der Waals surface area contributed by atoms with E-state index in [2.05, 4.69) is 0 Å². The monoisotopic (exact) mass is 340 g/mol. The Hall–Kier alpha value is -2.90. The molecule has 0 aliphatic heterocycles. The predicted octanol–water partition coefficient (Wildman–Crippen LogP) is 3.45. The highest BCUT2D eigenvalue weighted by atomic mass is 19.4. The van der Waals surface area contributed by atoms with Crippen LogP contribution in [0.4, 0.5) is 24.5 Å². The molecule has 0 unspecified atom stereocenters. The molecular formula is C16H15F3N2O3. The molecule has 1 amide bonds. The van der Waals surface area contributed by atoms with Crippen molar-refractivity contribution in [3.63, 3.8) is 0 Å². The molecule has 0 atom stereocenters. The molecule has 5 nitrogen and oxygen atoms in total. The first-order chi connectivity index (χ1) is 11.3. The van der Waals surface area contributed by atoms with Crippen LogP contribution in [0.15, 0.2) is 36.4 Å². The van der Waals surface area contributed by atoms with Crippen molar-refractivity contribution in [1.82, 2.24) is 0 Å². The van der Waals surface area contributed by atoms with Crippen LogP contribution in [-0.2, 0) is 4.79 Å². The minimum absolute atomic E-state index is 0.0778. The van der Waals surface area contributed by atoms with Crippen LogP contribution in [0.1, 0.15) is 0 Å². The Kier molecular flexibility index (Phi) is 4.87. The van der Waals surface area contributed by atoms with Gasteiger partial charge in [0.2, 0.25) is 0 Å². The molecule has 0 aromatic heterocycles. The fourth-order valence-electron chi connectivity index (χ4n) is 2.06. The summed E-state index contributed by atoms with van der Waals surface area (Å²) >= 11 is 0. The number of methoxy groups -OCH3 is 2. The van der Waals surface area contributed by atoms with E-state index in [1.807, 2.05) is 0 Å². The Balaban J connectivity index is 2.37. The van der Waals surface area contributed by atoms with Crippen LogP contribution >= 0.6 is 0 Å². The standard InChI is InChI=1S/C16H15F3N2O3/c1-23-13-7-9(3-5-11(13)20)10-4-6-12(14(8-10)24-2)21-15(22)16(17,18)19/h3-8H,20H2,1-2H3,(H,21,22). The highest BCUT2D eigenvalue weighted by Crippen LogP contribution is 2.34. The molecule has 0 spiro atoms. The molecule has 0 radical (unpaired) electrons. The van der Waals surface area contributed by atoms with Gasteiger partial charge in [-0.25, -0.2) is 0 Å². The van der Waals surface area contributed by atoms with E-state index in [0.29, 0.717) is 17.0 Å². The van der Waals surface area contributed by atoms with Gasteiger partial charge in [0.05, 0.1) is 25.6 Å². The summed E-state index contributed by atoms with van der Waals surface area (Å²) in [6, 6.07) is 9.48. The molecule has 2 aromatic rings. The zero-order valence-electron chi connectivity index (χ0n) is 12.9. The summed E-state index contributed by atoms with van der Waals surface area (Å²) in [5.74, 6) is -1.50. The first kappa shape index (κ1) is 17.5. The van der Waals surface area contributed by atoms with Crippen molar-refractivity contribution in [2.45, 2.75) is 6.18 Å². The highest BCUT2D eigenvalue weighted by molar-refractivity contribution is 5.96. The zero-order valence-corrected chi connectivity index (χ0v) is 12.9. The maximum absolute atomic E-state index is 12.4. The molecule has 0 bridgehead atoms. The molecular weight excluding hydrogens is 325 g/mol. The van der Waals surface area contributed by atoms with Crippen molar-refractivity contribution < 1.29 is 27.4 Å². The number of hydrogen-bond donors (Lipinski definition) is 2. The molecule has 0 aliphatic rings. The van der Waals surface area contributed by atoms with E-state index in [0.717, 1.165) is 5.56 Å². The minimum atomic E-state index is -4.98. The number of halogens is 3. The van der Waals surface area contributed by atoms with Crippen molar-refractivity contribution in [3.8, 4) is 22.6 Å². The second kappa shape index (κ2) is 6.69. The summed E-state index contributed by atoms with van der Waals surface area (Å²) < 4.78 is 47.3. The lowest BCUT2D eigenvalue weighted by Crippen LogP contribution is -2.30. The van der Waals surface area contributed by atoms with Gasteiger partial charge in [0, 0.05) is 0 Å². The fourth-order valence-corrected chi connectivity index (χ4v) is 2.06. The largest absolute Gasteiger partial charge is 0.495 e. The third-order valence-electron chi connectivity index (χ3n) is 3.27. The van der Waals surface area contributed by atoms with Gasteiger partial charge >= 0.3 is 12.1 Å². The van der Waals surface area contributed by atoms with E-state index in [-0.39, 0.29) is 11.4 Å². The van der Waals surface area contributed by atoms with Gasteiger partial charge in [-0.05, 0) is 35.4 Å². The van der Waals surface area contributed by atoms with E-state index in [1.54, 1.807) is 29.6 Å². The maximum Gasteiger partial charge on any atom is 0.471 e. The molecule has 0 saturated carbocycles. The Morgan fingerprint density at radius 2 is 1.54 bits per heavy atom. The Labute approximate surface area is 136 Å². The topological polar surface area (TPSA) is 73.6 Å². The smallest absolute Gasteiger partial charge is 0.471 e. The predicted molar refractivity (Wildman–Crippen MR) is 84.1 cm³/mol. The van der Waals surface area contributed by atoms with Crippen molar-refractivity contribution in [3.05, 3.63) is 36.4 Å². The van der Waals surface area contributed by atoms with Crippen LogP contribution in [-0.4, -0.2) is 26.3 Å². The molecule has 2 aromatic carbocycles. The van der Waals surface area contributed by atoms with Crippen molar-refractivity contribution in [2.24, 2.45) is 0 Å². The first-order valence-electron chi connectivity index (χ1n) is 6.76. The average molecular weight is 340 g/mol. The molecule has 0 saturated heterocycles. The van der Waals surface area contributed by atoms with Crippen LogP contribution in [0.2, 0.25) is 0 Å². The number of benzene rings is 2. The second-order valence-electron chi connectivity index (χ2n) is 4.82. The summed E-state index contributed by atoms with van der Waals surface area (Å²) in [6.45, 7) is 0. The number of carbonyl (C=O) groups is 1. The summed E-state index contributed by atoms with van der Waals surface area (Å²) in [5, 5.41) is 1.78. The molecule has 0 aliphatic carbocycles. The number of amides is 1. The number of nitrogens with one attached hydrogen (secondary N) is 1. The number of nitrogen functional groups attached to an aromatic ring is 1. The maximum atomic E-state index is 12.4. The molecule has 128 valence electrons. The van der Waals surface area contributed by atoms with Crippen LogP contribution in [0.3, 0.4) is 0 Å². The van der Waals surface area contributed by atoms with Gasteiger partial charge in [-0.2, -0.15) is 13.2 Å². The lowest BCUT2D eigenvalue weighted by atomic mass is 10.0. The minimum Gasteiger partial charge on any atom is -0.495 e. The Morgan fingerprint density at radius 3 is 2.08 bits per heavy atom.